The van der Waals surface area contributed by atoms with Crippen LogP contribution in [0.2, 0.25) is 0 Å². The van der Waals surface area contributed by atoms with Gasteiger partial charge in [-0.1, -0.05) is 15.9 Å². The molecule has 1 aromatic heterocycles. The fourth-order valence-corrected chi connectivity index (χ4v) is 3.09. The maximum absolute atomic E-state index is 3.56. The van der Waals surface area contributed by atoms with Gasteiger partial charge in [0.15, 0.2) is 0 Å². The van der Waals surface area contributed by atoms with Crippen molar-refractivity contribution in [2.75, 3.05) is 26.2 Å². The van der Waals surface area contributed by atoms with Crippen LogP contribution in [0.5, 0.6) is 0 Å². The number of aromatic amines is 1. The third-order valence-electron chi connectivity index (χ3n) is 3.83. The van der Waals surface area contributed by atoms with Crippen LogP contribution in [0, 0.1) is 0 Å². The fourth-order valence-electron chi connectivity index (χ4n) is 2.73. The smallest absolute Gasteiger partial charge is 0.0458 e. The molecule has 2 N–H and O–H groups in total. The summed E-state index contributed by atoms with van der Waals surface area (Å²) in [6.45, 7) is 6.74. The Morgan fingerprint density at radius 2 is 2.06 bits per heavy atom. The zero-order valence-electron chi connectivity index (χ0n) is 10.5. The van der Waals surface area contributed by atoms with Gasteiger partial charge in [-0.25, -0.2) is 0 Å². The highest BCUT2D eigenvalue weighted by atomic mass is 79.9. The van der Waals surface area contributed by atoms with Gasteiger partial charge in [0.25, 0.3) is 0 Å². The monoisotopic (exact) mass is 307 g/mol. The Labute approximate surface area is 116 Å². The van der Waals surface area contributed by atoms with Gasteiger partial charge < -0.3 is 10.3 Å². The highest BCUT2D eigenvalue weighted by molar-refractivity contribution is 9.10. The van der Waals surface area contributed by atoms with Crippen LogP contribution in [-0.4, -0.2) is 36.1 Å². The lowest BCUT2D eigenvalue weighted by atomic mass is 10.1. The van der Waals surface area contributed by atoms with E-state index in [1.54, 1.807) is 0 Å². The molecule has 0 spiro atoms. The van der Waals surface area contributed by atoms with Gasteiger partial charge in [0.05, 0.1) is 0 Å². The maximum atomic E-state index is 3.56. The van der Waals surface area contributed by atoms with Crippen molar-refractivity contribution in [1.82, 2.24) is 15.2 Å². The second kappa shape index (κ2) is 5.03. The molecule has 1 atom stereocenters. The molecule has 2 heterocycles. The molecule has 0 unspecified atom stereocenters. The van der Waals surface area contributed by atoms with E-state index in [0.29, 0.717) is 6.04 Å². The average Bonchev–Trinajstić information content (AvgIpc) is 2.82. The third-order valence-corrected chi connectivity index (χ3v) is 4.32. The van der Waals surface area contributed by atoms with Crippen LogP contribution < -0.4 is 5.32 Å². The van der Waals surface area contributed by atoms with Crippen LogP contribution in [0.3, 0.4) is 0 Å². The van der Waals surface area contributed by atoms with Crippen molar-refractivity contribution in [2.24, 2.45) is 0 Å². The van der Waals surface area contributed by atoms with Gasteiger partial charge in [0.2, 0.25) is 0 Å². The minimum absolute atomic E-state index is 0.468. The molecule has 0 saturated carbocycles. The molecule has 0 amide bonds. The molecule has 18 heavy (non-hydrogen) atoms. The van der Waals surface area contributed by atoms with Gasteiger partial charge >= 0.3 is 0 Å². The lowest BCUT2D eigenvalue weighted by Crippen LogP contribution is -2.44. The Kier molecular flexibility index (Phi) is 3.41. The van der Waals surface area contributed by atoms with Gasteiger partial charge in [0.1, 0.15) is 0 Å². The Balaban J connectivity index is 1.95. The highest BCUT2D eigenvalue weighted by Crippen LogP contribution is 2.30. The summed E-state index contributed by atoms with van der Waals surface area (Å²) in [6.07, 6.45) is 2.16. The summed E-state index contributed by atoms with van der Waals surface area (Å²) in [5.74, 6) is 0. The summed E-state index contributed by atoms with van der Waals surface area (Å²) < 4.78 is 1.14. The Hall–Kier alpha value is -0.840. The van der Waals surface area contributed by atoms with Crippen LogP contribution in [0.4, 0.5) is 0 Å². The van der Waals surface area contributed by atoms with E-state index >= 15 is 0 Å². The summed E-state index contributed by atoms with van der Waals surface area (Å²) in [5.41, 5.74) is 2.61. The molecule has 1 aliphatic rings. The molecule has 2 aromatic rings. The molecule has 4 heteroatoms. The number of hydrogen-bond acceptors (Lipinski definition) is 2. The Morgan fingerprint density at radius 3 is 2.83 bits per heavy atom. The zero-order valence-corrected chi connectivity index (χ0v) is 12.1. The number of rotatable bonds is 2. The Morgan fingerprint density at radius 1 is 1.28 bits per heavy atom. The summed E-state index contributed by atoms with van der Waals surface area (Å²) >= 11 is 3.56. The molecular formula is C14H18BrN3. The van der Waals surface area contributed by atoms with E-state index in [1.807, 2.05) is 0 Å². The standard InChI is InChI=1S/C14H18BrN3/c1-10(18-6-4-16-5-7-18)13-9-17-14-3-2-11(15)8-12(13)14/h2-3,8-10,16-17H,4-7H2,1H3/t10-/m0/s1. The number of H-pyrrole nitrogens is 1. The second-order valence-corrected chi connectivity index (χ2v) is 5.81. The predicted molar refractivity (Wildman–Crippen MR) is 78.9 cm³/mol. The van der Waals surface area contributed by atoms with E-state index < -0.39 is 0 Å². The van der Waals surface area contributed by atoms with Crippen LogP contribution in [0.15, 0.2) is 28.9 Å². The number of hydrogen-bond donors (Lipinski definition) is 2. The number of benzene rings is 1. The highest BCUT2D eigenvalue weighted by Gasteiger charge is 2.20. The number of fused-ring (bicyclic) bond motifs is 1. The number of nitrogens with one attached hydrogen (secondary N) is 2. The number of halogens is 1. The maximum Gasteiger partial charge on any atom is 0.0458 e. The van der Waals surface area contributed by atoms with Crippen LogP contribution in [0.1, 0.15) is 18.5 Å². The van der Waals surface area contributed by atoms with E-state index in [0.717, 1.165) is 30.7 Å². The molecule has 0 radical (unpaired) electrons. The SMILES string of the molecule is C[C@@H](c1c[nH]c2ccc(Br)cc12)N1CCNCC1. The average molecular weight is 308 g/mol. The van der Waals surface area contributed by atoms with Gasteiger partial charge in [-0.3, -0.25) is 4.90 Å². The van der Waals surface area contributed by atoms with Crippen molar-refractivity contribution in [3.8, 4) is 0 Å². The van der Waals surface area contributed by atoms with Crippen molar-refractivity contribution < 1.29 is 0 Å². The summed E-state index contributed by atoms with van der Waals surface area (Å²) in [4.78, 5) is 5.91. The number of piperazine rings is 1. The summed E-state index contributed by atoms with van der Waals surface area (Å²) in [7, 11) is 0. The lowest BCUT2D eigenvalue weighted by Gasteiger charge is -2.32. The molecule has 3 rings (SSSR count). The first-order valence-corrected chi connectivity index (χ1v) is 7.26. The number of nitrogens with zero attached hydrogens (tertiary/aromatic N) is 1. The molecule has 1 aliphatic heterocycles. The van der Waals surface area contributed by atoms with Crippen molar-refractivity contribution in [3.63, 3.8) is 0 Å². The molecule has 0 aliphatic carbocycles. The molecule has 1 aromatic carbocycles. The van der Waals surface area contributed by atoms with E-state index in [2.05, 4.69) is 62.5 Å². The third kappa shape index (κ3) is 2.20. The lowest BCUT2D eigenvalue weighted by molar-refractivity contribution is 0.186. The molecule has 1 saturated heterocycles. The molecule has 96 valence electrons. The molecular weight excluding hydrogens is 290 g/mol. The first-order valence-electron chi connectivity index (χ1n) is 6.47. The van der Waals surface area contributed by atoms with Crippen molar-refractivity contribution in [1.29, 1.82) is 0 Å². The predicted octanol–water partition coefficient (Wildman–Crippen LogP) is 2.90. The first-order chi connectivity index (χ1) is 8.75. The minimum atomic E-state index is 0.468. The Bertz CT molecular complexity index is 543. The van der Waals surface area contributed by atoms with E-state index in [-0.39, 0.29) is 0 Å². The van der Waals surface area contributed by atoms with Crippen molar-refractivity contribution in [3.05, 3.63) is 34.4 Å². The fraction of sp³-hybridized carbons (Fsp3) is 0.429. The van der Waals surface area contributed by atoms with Crippen LogP contribution in [-0.2, 0) is 0 Å². The second-order valence-electron chi connectivity index (χ2n) is 4.90. The van der Waals surface area contributed by atoms with E-state index in [9.17, 15) is 0 Å². The zero-order chi connectivity index (χ0) is 12.5. The van der Waals surface area contributed by atoms with Crippen molar-refractivity contribution >= 4 is 26.8 Å². The van der Waals surface area contributed by atoms with E-state index in [1.165, 1.54) is 16.5 Å². The molecule has 1 fully saturated rings. The van der Waals surface area contributed by atoms with Gasteiger partial charge in [-0.05, 0) is 30.7 Å². The summed E-state index contributed by atoms with van der Waals surface area (Å²) in [6, 6.07) is 6.89. The quantitative estimate of drug-likeness (QED) is 0.894. The van der Waals surface area contributed by atoms with E-state index in [4.69, 9.17) is 0 Å². The van der Waals surface area contributed by atoms with Crippen molar-refractivity contribution in [2.45, 2.75) is 13.0 Å². The molecule has 0 bridgehead atoms. The molecule has 3 nitrogen and oxygen atoms in total. The van der Waals surface area contributed by atoms with Gasteiger partial charge in [-0.2, -0.15) is 0 Å². The van der Waals surface area contributed by atoms with Crippen LogP contribution in [0.25, 0.3) is 10.9 Å². The topological polar surface area (TPSA) is 31.1 Å². The van der Waals surface area contributed by atoms with Gasteiger partial charge in [0, 0.05) is 53.8 Å². The first kappa shape index (κ1) is 12.2. The normalized spacial score (nSPS) is 19.2. The van der Waals surface area contributed by atoms with Crippen LogP contribution >= 0.6 is 15.9 Å². The largest absolute Gasteiger partial charge is 0.361 e. The summed E-state index contributed by atoms with van der Waals surface area (Å²) in [5, 5.41) is 4.73. The van der Waals surface area contributed by atoms with Gasteiger partial charge in [-0.15, -0.1) is 0 Å². The number of aromatic nitrogens is 1. The minimum Gasteiger partial charge on any atom is -0.361 e.